The summed E-state index contributed by atoms with van der Waals surface area (Å²) in [6.45, 7) is 6.42. The van der Waals surface area contributed by atoms with Gasteiger partial charge in [0.15, 0.2) is 5.69 Å². The molecule has 1 aromatic heterocycles. The van der Waals surface area contributed by atoms with Crippen LogP contribution in [0.1, 0.15) is 23.3 Å². The van der Waals surface area contributed by atoms with E-state index in [0.717, 1.165) is 0 Å². The van der Waals surface area contributed by atoms with Crippen molar-refractivity contribution in [1.29, 1.82) is 0 Å². The van der Waals surface area contributed by atoms with Gasteiger partial charge in [0.05, 0.1) is 18.4 Å². The standard InChI is InChI=1S/C15H20F3N7O2/c1-20-8-14(3-5-24(6-4-14)9-15(16,17)18)25-7-10(22-13(27)21-2)11(23-25)12(19)26/h7H,3-6,8-9H2,2H3,(H2,19,26)(H2,21,22,27). The second-order valence-corrected chi connectivity index (χ2v) is 6.34. The van der Waals surface area contributed by atoms with Crippen LogP contribution in [-0.4, -0.2) is 66.0 Å². The highest BCUT2D eigenvalue weighted by Crippen LogP contribution is 2.33. The Balaban J connectivity index is 2.29. The highest BCUT2D eigenvalue weighted by atomic mass is 19.4. The molecule has 27 heavy (non-hydrogen) atoms. The molecular formula is C15H20F3N7O2. The Morgan fingerprint density at radius 2 is 2.04 bits per heavy atom. The molecule has 0 radical (unpaired) electrons. The lowest BCUT2D eigenvalue weighted by molar-refractivity contribution is -0.150. The largest absolute Gasteiger partial charge is 0.401 e. The molecule has 0 atom stereocenters. The van der Waals surface area contributed by atoms with E-state index in [1.54, 1.807) is 0 Å². The summed E-state index contributed by atoms with van der Waals surface area (Å²) in [4.78, 5) is 27.9. The molecule has 1 aliphatic heterocycles. The average Bonchev–Trinajstić information content (AvgIpc) is 3.00. The number of alkyl halides is 3. The summed E-state index contributed by atoms with van der Waals surface area (Å²) in [7, 11) is 1.39. The van der Waals surface area contributed by atoms with Gasteiger partial charge in [-0.05, 0) is 12.8 Å². The lowest BCUT2D eigenvalue weighted by Gasteiger charge is -2.38. The van der Waals surface area contributed by atoms with Crippen LogP contribution in [0.5, 0.6) is 0 Å². The molecule has 1 aromatic rings. The van der Waals surface area contributed by atoms with Crippen LogP contribution in [0.2, 0.25) is 0 Å². The molecule has 1 saturated heterocycles. The molecule has 2 heterocycles. The number of halogens is 3. The number of carbonyl (C=O) groups is 2. The number of likely N-dealkylation sites (tertiary alicyclic amines) is 1. The number of urea groups is 1. The number of nitrogens with zero attached hydrogens (tertiary/aromatic N) is 4. The summed E-state index contributed by atoms with van der Waals surface area (Å²) < 4.78 is 39.2. The van der Waals surface area contributed by atoms with Crippen LogP contribution >= 0.6 is 0 Å². The molecular weight excluding hydrogens is 367 g/mol. The highest BCUT2D eigenvalue weighted by molar-refractivity contribution is 6.00. The van der Waals surface area contributed by atoms with E-state index in [9.17, 15) is 22.8 Å². The third-order valence-electron chi connectivity index (χ3n) is 4.47. The average molecular weight is 387 g/mol. The third kappa shape index (κ3) is 4.88. The Bertz CT molecular complexity index is 746. The predicted octanol–water partition coefficient (Wildman–Crippen LogP) is 1.01. The van der Waals surface area contributed by atoms with Gasteiger partial charge >= 0.3 is 12.2 Å². The summed E-state index contributed by atoms with van der Waals surface area (Å²) in [5, 5.41) is 8.89. The van der Waals surface area contributed by atoms with E-state index >= 15 is 0 Å². The van der Waals surface area contributed by atoms with E-state index in [4.69, 9.17) is 12.3 Å². The smallest absolute Gasteiger partial charge is 0.364 e. The molecule has 1 fully saturated rings. The van der Waals surface area contributed by atoms with Gasteiger partial charge < -0.3 is 21.2 Å². The Labute approximate surface area is 153 Å². The fourth-order valence-corrected chi connectivity index (χ4v) is 3.06. The number of piperidine rings is 1. The minimum atomic E-state index is -4.30. The monoisotopic (exact) mass is 387 g/mol. The highest BCUT2D eigenvalue weighted by Gasteiger charge is 2.43. The topological polar surface area (TPSA) is 110 Å². The summed E-state index contributed by atoms with van der Waals surface area (Å²) in [5.41, 5.74) is 4.32. The van der Waals surface area contributed by atoms with Gasteiger partial charge in [0, 0.05) is 20.1 Å². The number of rotatable bonds is 5. The second-order valence-electron chi connectivity index (χ2n) is 6.34. The first kappa shape index (κ1) is 20.5. The molecule has 0 aromatic carbocycles. The van der Waals surface area contributed by atoms with Crippen molar-refractivity contribution in [3.8, 4) is 0 Å². The molecule has 2 rings (SSSR count). The lowest BCUT2D eigenvalue weighted by atomic mass is 9.87. The van der Waals surface area contributed by atoms with Crippen molar-refractivity contribution >= 4 is 17.6 Å². The molecule has 0 unspecified atom stereocenters. The molecule has 0 bridgehead atoms. The number of nitrogens with one attached hydrogen (secondary N) is 2. The van der Waals surface area contributed by atoms with E-state index in [1.807, 2.05) is 0 Å². The molecule has 148 valence electrons. The molecule has 4 N–H and O–H groups in total. The zero-order valence-electron chi connectivity index (χ0n) is 14.6. The normalized spacial score (nSPS) is 17.1. The maximum atomic E-state index is 12.6. The lowest BCUT2D eigenvalue weighted by Crippen LogP contribution is -2.50. The minimum absolute atomic E-state index is 0.0217. The SMILES string of the molecule is [C-]#[N+]CC1(n2cc(NC(=O)NC)c(C(N)=O)n2)CCN(CC(F)(F)F)CC1. The van der Waals surface area contributed by atoms with Gasteiger partial charge in [0.1, 0.15) is 5.54 Å². The Morgan fingerprint density at radius 1 is 1.41 bits per heavy atom. The molecule has 12 heteroatoms. The molecule has 1 aliphatic rings. The molecule has 0 aliphatic carbocycles. The zero-order valence-corrected chi connectivity index (χ0v) is 14.6. The van der Waals surface area contributed by atoms with E-state index in [-0.39, 0.29) is 43.9 Å². The van der Waals surface area contributed by atoms with Crippen molar-refractivity contribution in [2.75, 3.05) is 38.5 Å². The molecule has 0 saturated carbocycles. The van der Waals surface area contributed by atoms with E-state index in [1.165, 1.54) is 22.8 Å². The maximum absolute atomic E-state index is 12.6. The van der Waals surface area contributed by atoms with Crippen LogP contribution in [0, 0.1) is 6.57 Å². The van der Waals surface area contributed by atoms with Gasteiger partial charge in [-0.3, -0.25) is 14.4 Å². The zero-order chi connectivity index (χ0) is 20.2. The number of primary amides is 1. The van der Waals surface area contributed by atoms with Gasteiger partial charge in [-0.1, -0.05) is 0 Å². The summed E-state index contributed by atoms with van der Waals surface area (Å²) in [6, 6.07) is -0.587. The Hall–Kier alpha value is -2.81. The van der Waals surface area contributed by atoms with Crippen molar-refractivity contribution in [3.05, 3.63) is 23.3 Å². The fourth-order valence-electron chi connectivity index (χ4n) is 3.06. The number of hydrogen-bond donors (Lipinski definition) is 3. The van der Waals surface area contributed by atoms with Crippen LogP contribution in [-0.2, 0) is 5.54 Å². The number of amides is 3. The number of anilines is 1. The molecule has 9 nitrogen and oxygen atoms in total. The minimum Gasteiger partial charge on any atom is -0.364 e. The number of carbonyl (C=O) groups excluding carboxylic acids is 2. The van der Waals surface area contributed by atoms with E-state index in [0.29, 0.717) is 0 Å². The summed E-state index contributed by atoms with van der Waals surface area (Å²) in [5.74, 6) is -0.868. The van der Waals surface area contributed by atoms with E-state index < -0.39 is 30.2 Å². The summed E-state index contributed by atoms with van der Waals surface area (Å²) >= 11 is 0. The quantitative estimate of drug-likeness (QED) is 0.655. The first-order chi connectivity index (χ1) is 12.6. The second kappa shape index (κ2) is 7.83. The van der Waals surface area contributed by atoms with Crippen molar-refractivity contribution in [1.82, 2.24) is 20.0 Å². The van der Waals surface area contributed by atoms with E-state index in [2.05, 4.69) is 20.6 Å². The molecule has 0 spiro atoms. The van der Waals surface area contributed by atoms with Crippen LogP contribution in [0.25, 0.3) is 4.85 Å². The number of hydrogen-bond acceptors (Lipinski definition) is 4. The molecule has 3 amide bonds. The van der Waals surface area contributed by atoms with Crippen molar-refractivity contribution in [2.24, 2.45) is 5.73 Å². The van der Waals surface area contributed by atoms with Gasteiger partial charge in [-0.15, -0.1) is 0 Å². The number of aromatic nitrogens is 2. The predicted molar refractivity (Wildman–Crippen MR) is 90.0 cm³/mol. The van der Waals surface area contributed by atoms with Gasteiger partial charge in [0.25, 0.3) is 5.91 Å². The van der Waals surface area contributed by atoms with Crippen molar-refractivity contribution < 1.29 is 22.8 Å². The van der Waals surface area contributed by atoms with Gasteiger partial charge in [-0.25, -0.2) is 11.4 Å². The first-order valence-electron chi connectivity index (χ1n) is 8.11. The van der Waals surface area contributed by atoms with Crippen LogP contribution in [0.4, 0.5) is 23.7 Å². The first-order valence-corrected chi connectivity index (χ1v) is 8.11. The van der Waals surface area contributed by atoms with Crippen LogP contribution < -0.4 is 16.4 Å². The van der Waals surface area contributed by atoms with Crippen LogP contribution in [0.3, 0.4) is 0 Å². The fraction of sp³-hybridized carbons (Fsp3) is 0.600. The van der Waals surface area contributed by atoms with Crippen molar-refractivity contribution in [3.63, 3.8) is 0 Å². The third-order valence-corrected chi connectivity index (χ3v) is 4.47. The number of nitrogens with two attached hydrogens (primary N) is 1. The Kier molecular flexibility index (Phi) is 5.94. The van der Waals surface area contributed by atoms with Crippen molar-refractivity contribution in [2.45, 2.75) is 24.6 Å². The maximum Gasteiger partial charge on any atom is 0.401 e. The van der Waals surface area contributed by atoms with Gasteiger partial charge in [-0.2, -0.15) is 18.3 Å². The van der Waals surface area contributed by atoms with Crippen LogP contribution in [0.15, 0.2) is 6.20 Å². The Morgan fingerprint density at radius 3 is 2.52 bits per heavy atom. The summed E-state index contributed by atoms with van der Waals surface area (Å²) in [6.07, 6.45) is -2.43. The van der Waals surface area contributed by atoms with Gasteiger partial charge in [0.2, 0.25) is 6.54 Å².